The summed E-state index contributed by atoms with van der Waals surface area (Å²) >= 11 is 0. The predicted molar refractivity (Wildman–Crippen MR) is 84.0 cm³/mol. The van der Waals surface area contributed by atoms with E-state index < -0.39 is 11.7 Å². The number of hydrogen-bond acceptors (Lipinski definition) is 4. The number of ether oxygens (including phenoxy) is 1. The van der Waals surface area contributed by atoms with Crippen LogP contribution in [0.4, 0.5) is 4.39 Å². The van der Waals surface area contributed by atoms with E-state index in [1.54, 1.807) is 25.1 Å². The lowest BCUT2D eigenvalue weighted by Gasteiger charge is -2.06. The molecule has 0 saturated carbocycles. The Bertz CT molecular complexity index is 799. The van der Waals surface area contributed by atoms with E-state index in [1.807, 2.05) is 0 Å². The maximum atomic E-state index is 13.6. The highest BCUT2D eigenvalue weighted by atomic mass is 19.1. The van der Waals surface area contributed by atoms with Crippen LogP contribution < -0.4 is 15.7 Å². The molecule has 0 saturated heterocycles. The van der Waals surface area contributed by atoms with Crippen LogP contribution in [0.1, 0.15) is 12.5 Å². The molecule has 120 valence electrons. The summed E-state index contributed by atoms with van der Waals surface area (Å²) in [5.41, 5.74) is 3.01. The van der Waals surface area contributed by atoms with E-state index in [4.69, 9.17) is 4.74 Å². The third-order valence-corrected chi connectivity index (χ3v) is 3.13. The molecule has 0 spiro atoms. The van der Waals surface area contributed by atoms with Crippen molar-refractivity contribution in [1.29, 1.82) is 0 Å². The van der Waals surface area contributed by atoms with E-state index in [2.05, 4.69) is 10.5 Å². The molecule has 1 N–H and O–H groups in total. The second-order valence-electron chi connectivity index (χ2n) is 4.75. The van der Waals surface area contributed by atoms with Gasteiger partial charge in [0.25, 0.3) is 11.5 Å². The highest BCUT2D eigenvalue weighted by molar-refractivity contribution is 5.99. The first kappa shape index (κ1) is 16.4. The molecule has 0 unspecified atom stereocenters. The Labute approximate surface area is 132 Å². The van der Waals surface area contributed by atoms with Gasteiger partial charge in [0.05, 0.1) is 12.8 Å². The second-order valence-corrected chi connectivity index (χ2v) is 4.75. The van der Waals surface area contributed by atoms with Crippen molar-refractivity contribution < 1.29 is 13.9 Å². The van der Waals surface area contributed by atoms with Crippen LogP contribution in [0.2, 0.25) is 0 Å². The average molecular weight is 317 g/mol. The molecule has 0 radical (unpaired) electrons. The largest absolute Gasteiger partial charge is 0.494 e. The zero-order valence-corrected chi connectivity index (χ0v) is 12.7. The molecule has 2 aromatic rings. The fourth-order valence-electron chi connectivity index (χ4n) is 1.88. The number of carbonyl (C=O) groups is 1. The Balaban J connectivity index is 2.04. The Morgan fingerprint density at radius 3 is 2.78 bits per heavy atom. The molecule has 23 heavy (non-hydrogen) atoms. The van der Waals surface area contributed by atoms with Crippen molar-refractivity contribution in [2.75, 3.05) is 7.11 Å². The van der Waals surface area contributed by atoms with Gasteiger partial charge in [0, 0.05) is 17.8 Å². The number of rotatable bonds is 5. The molecule has 6 nitrogen and oxygen atoms in total. The number of aromatic nitrogens is 1. The van der Waals surface area contributed by atoms with Gasteiger partial charge in [0.1, 0.15) is 6.54 Å². The van der Waals surface area contributed by atoms with Gasteiger partial charge in [-0.05, 0) is 31.2 Å². The fraction of sp³-hybridized carbons (Fsp3) is 0.188. The summed E-state index contributed by atoms with van der Waals surface area (Å²) in [6.45, 7) is 1.49. The molecule has 0 bridgehead atoms. The summed E-state index contributed by atoms with van der Waals surface area (Å²) in [7, 11) is 1.38. The van der Waals surface area contributed by atoms with Crippen LogP contribution in [-0.2, 0) is 11.3 Å². The quantitative estimate of drug-likeness (QED) is 0.671. The van der Waals surface area contributed by atoms with Crippen LogP contribution in [0.5, 0.6) is 5.75 Å². The summed E-state index contributed by atoms with van der Waals surface area (Å²) in [6.07, 6.45) is 1.51. The van der Waals surface area contributed by atoms with Crippen LogP contribution in [0.3, 0.4) is 0 Å². The van der Waals surface area contributed by atoms with Gasteiger partial charge < -0.3 is 9.30 Å². The maximum absolute atomic E-state index is 13.6. The highest BCUT2D eigenvalue weighted by Gasteiger charge is 2.07. The van der Waals surface area contributed by atoms with E-state index in [0.29, 0.717) is 11.3 Å². The Morgan fingerprint density at radius 1 is 1.35 bits per heavy atom. The molecule has 2 rings (SSSR count). The maximum Gasteiger partial charge on any atom is 0.260 e. The van der Waals surface area contributed by atoms with Crippen LogP contribution in [0.25, 0.3) is 0 Å². The number of benzene rings is 1. The Morgan fingerprint density at radius 2 is 2.13 bits per heavy atom. The van der Waals surface area contributed by atoms with Gasteiger partial charge >= 0.3 is 0 Å². The van der Waals surface area contributed by atoms with Crippen molar-refractivity contribution in [2.24, 2.45) is 5.10 Å². The number of hydrogen-bond donors (Lipinski definition) is 1. The molecule has 0 fully saturated rings. The molecule has 1 heterocycles. The number of amides is 1. The van der Waals surface area contributed by atoms with E-state index in [9.17, 15) is 14.0 Å². The van der Waals surface area contributed by atoms with E-state index >= 15 is 0 Å². The second kappa shape index (κ2) is 7.35. The third-order valence-electron chi connectivity index (χ3n) is 3.13. The van der Waals surface area contributed by atoms with Gasteiger partial charge in [-0.1, -0.05) is 6.07 Å². The molecule has 1 aromatic heterocycles. The molecule has 1 aromatic carbocycles. The summed E-state index contributed by atoms with van der Waals surface area (Å²) < 4.78 is 19.7. The number of methoxy groups -OCH3 is 1. The van der Waals surface area contributed by atoms with Gasteiger partial charge in [-0.2, -0.15) is 5.10 Å². The monoisotopic (exact) mass is 317 g/mol. The zero-order valence-electron chi connectivity index (χ0n) is 12.7. The molecular weight excluding hydrogens is 301 g/mol. The van der Waals surface area contributed by atoms with E-state index in [1.165, 1.54) is 36.1 Å². The summed E-state index contributed by atoms with van der Waals surface area (Å²) in [5, 5.41) is 3.91. The Hall–Kier alpha value is -2.96. The predicted octanol–water partition coefficient (Wildman–Crippen LogP) is 1.54. The molecule has 0 atom stereocenters. The standard InChI is InChI=1S/C16H16FN3O3/c1-11(12-6-7-14(23-2)13(17)9-12)18-19-15(21)10-20-8-4-3-5-16(20)22/h3-9H,10H2,1-2H3,(H,19,21)/b18-11-. The van der Waals surface area contributed by atoms with Crippen molar-refractivity contribution in [3.8, 4) is 5.75 Å². The van der Waals surface area contributed by atoms with Crippen molar-refractivity contribution in [2.45, 2.75) is 13.5 Å². The van der Waals surface area contributed by atoms with Crippen LogP contribution in [0, 0.1) is 5.82 Å². The van der Waals surface area contributed by atoms with Gasteiger partial charge in [-0.3, -0.25) is 9.59 Å². The van der Waals surface area contributed by atoms with Gasteiger partial charge in [-0.15, -0.1) is 0 Å². The minimum atomic E-state index is -0.512. The van der Waals surface area contributed by atoms with Gasteiger partial charge in [0.15, 0.2) is 11.6 Å². The van der Waals surface area contributed by atoms with Crippen LogP contribution in [0.15, 0.2) is 52.5 Å². The lowest BCUT2D eigenvalue weighted by atomic mass is 10.1. The van der Waals surface area contributed by atoms with Gasteiger partial charge in [-0.25, -0.2) is 9.82 Å². The fourth-order valence-corrected chi connectivity index (χ4v) is 1.88. The van der Waals surface area contributed by atoms with Crippen LogP contribution >= 0.6 is 0 Å². The number of nitrogens with one attached hydrogen (secondary N) is 1. The number of carbonyl (C=O) groups excluding carboxylic acids is 1. The molecule has 7 heteroatoms. The zero-order chi connectivity index (χ0) is 16.8. The summed E-state index contributed by atoms with van der Waals surface area (Å²) in [4.78, 5) is 23.3. The highest BCUT2D eigenvalue weighted by Crippen LogP contribution is 2.17. The molecule has 0 aliphatic carbocycles. The third kappa shape index (κ3) is 4.26. The lowest BCUT2D eigenvalue weighted by molar-refractivity contribution is -0.121. The summed E-state index contributed by atoms with van der Waals surface area (Å²) in [5.74, 6) is -0.831. The lowest BCUT2D eigenvalue weighted by Crippen LogP contribution is -2.29. The molecular formula is C16H16FN3O3. The van der Waals surface area contributed by atoms with E-state index in [-0.39, 0.29) is 17.9 Å². The first-order chi connectivity index (χ1) is 11.0. The Kier molecular flexibility index (Phi) is 5.24. The number of halogens is 1. The first-order valence-corrected chi connectivity index (χ1v) is 6.84. The normalized spacial score (nSPS) is 11.2. The van der Waals surface area contributed by atoms with Crippen molar-refractivity contribution in [3.63, 3.8) is 0 Å². The van der Waals surface area contributed by atoms with Crippen molar-refractivity contribution in [3.05, 3.63) is 64.3 Å². The number of pyridine rings is 1. The summed E-state index contributed by atoms with van der Waals surface area (Å²) in [6, 6.07) is 9.00. The molecule has 1 amide bonds. The number of nitrogens with zero attached hydrogens (tertiary/aromatic N) is 2. The topological polar surface area (TPSA) is 72.7 Å². The SMILES string of the molecule is COc1ccc(/C(C)=N\NC(=O)Cn2ccccc2=O)cc1F. The molecule has 0 aliphatic rings. The van der Waals surface area contributed by atoms with E-state index in [0.717, 1.165) is 0 Å². The first-order valence-electron chi connectivity index (χ1n) is 6.84. The minimum Gasteiger partial charge on any atom is -0.494 e. The number of hydrazone groups is 1. The van der Waals surface area contributed by atoms with Gasteiger partial charge in [0.2, 0.25) is 0 Å². The van der Waals surface area contributed by atoms with Crippen molar-refractivity contribution >= 4 is 11.6 Å². The smallest absolute Gasteiger partial charge is 0.260 e. The average Bonchev–Trinajstić information content (AvgIpc) is 2.54. The van der Waals surface area contributed by atoms with Crippen molar-refractivity contribution in [1.82, 2.24) is 9.99 Å². The molecule has 0 aliphatic heterocycles. The van der Waals surface area contributed by atoms with Crippen LogP contribution in [-0.4, -0.2) is 23.3 Å². The minimum absolute atomic E-state index is 0.133.